The van der Waals surface area contributed by atoms with Gasteiger partial charge in [-0.05, 0) is 41.1 Å². The van der Waals surface area contributed by atoms with E-state index in [0.717, 1.165) is 0 Å². The smallest absolute Gasteiger partial charge is 0.240 e. The fourth-order valence-electron chi connectivity index (χ4n) is 1.05. The molecule has 0 aliphatic heterocycles. The van der Waals surface area contributed by atoms with Crippen molar-refractivity contribution in [3.63, 3.8) is 0 Å². The minimum atomic E-state index is -3.61. The molecule has 90 valence electrons. The molecule has 0 aliphatic rings. The average molecular weight is 309 g/mol. The first-order chi connectivity index (χ1) is 7.36. The lowest BCUT2D eigenvalue weighted by Gasteiger charge is -2.12. The van der Waals surface area contributed by atoms with Crippen LogP contribution < -0.4 is 10.5 Å². The van der Waals surface area contributed by atoms with E-state index in [2.05, 4.69) is 20.7 Å². The number of hydrogen-bond donors (Lipinski definition) is 3. The van der Waals surface area contributed by atoms with Gasteiger partial charge in [-0.1, -0.05) is 0 Å². The third kappa shape index (κ3) is 3.18. The molecule has 0 aromatic heterocycles. The molecular weight excluding hydrogens is 296 g/mol. The Morgan fingerprint density at radius 1 is 1.56 bits per heavy atom. The van der Waals surface area contributed by atoms with Crippen molar-refractivity contribution >= 4 is 31.6 Å². The Labute approximate surface area is 103 Å². The summed E-state index contributed by atoms with van der Waals surface area (Å²) in [7, 11) is -3.61. The first-order valence-corrected chi connectivity index (χ1v) is 6.82. The zero-order chi connectivity index (χ0) is 12.3. The molecule has 1 aromatic carbocycles. The van der Waals surface area contributed by atoms with Crippen LogP contribution in [-0.2, 0) is 10.0 Å². The normalized spacial score (nSPS) is 13.7. The maximum absolute atomic E-state index is 11.8. The molecule has 16 heavy (non-hydrogen) atoms. The lowest BCUT2D eigenvalue weighted by Crippen LogP contribution is -2.34. The van der Waals surface area contributed by atoms with Crippen LogP contribution in [-0.4, -0.2) is 26.2 Å². The van der Waals surface area contributed by atoms with Crippen molar-refractivity contribution in [2.45, 2.75) is 17.9 Å². The molecule has 1 atom stereocenters. The van der Waals surface area contributed by atoms with Crippen LogP contribution in [0.4, 0.5) is 5.69 Å². The van der Waals surface area contributed by atoms with E-state index in [0.29, 0.717) is 10.2 Å². The third-order valence-corrected chi connectivity index (χ3v) is 4.19. The summed E-state index contributed by atoms with van der Waals surface area (Å²) in [4.78, 5) is 0.105. The van der Waals surface area contributed by atoms with Gasteiger partial charge in [0.1, 0.15) is 0 Å². The van der Waals surface area contributed by atoms with Crippen molar-refractivity contribution in [1.29, 1.82) is 0 Å². The van der Waals surface area contributed by atoms with E-state index in [1.165, 1.54) is 18.2 Å². The second kappa shape index (κ2) is 5.13. The first-order valence-electron chi connectivity index (χ1n) is 4.55. The van der Waals surface area contributed by atoms with Gasteiger partial charge in [-0.25, -0.2) is 13.1 Å². The Morgan fingerprint density at radius 3 is 2.69 bits per heavy atom. The summed E-state index contributed by atoms with van der Waals surface area (Å²) in [5.41, 5.74) is 6.02. The number of rotatable bonds is 4. The second-order valence-electron chi connectivity index (χ2n) is 3.39. The predicted octanol–water partition coefficient (Wildman–Crippen LogP) is 0.690. The number of nitrogens with two attached hydrogens (primary N) is 1. The molecule has 0 saturated heterocycles. The first kappa shape index (κ1) is 13.4. The van der Waals surface area contributed by atoms with Crippen molar-refractivity contribution in [2.24, 2.45) is 0 Å². The molecule has 0 spiro atoms. The maximum Gasteiger partial charge on any atom is 0.240 e. The van der Waals surface area contributed by atoms with E-state index in [1.54, 1.807) is 6.92 Å². The molecule has 0 saturated carbocycles. The Balaban J connectivity index is 3.03. The number of sulfonamides is 1. The molecular formula is C9H13BrN2O3S. The van der Waals surface area contributed by atoms with E-state index >= 15 is 0 Å². The predicted molar refractivity (Wildman–Crippen MR) is 65.4 cm³/mol. The summed E-state index contributed by atoms with van der Waals surface area (Å²) in [6.45, 7) is 1.32. The van der Waals surface area contributed by atoms with Crippen LogP contribution in [0.3, 0.4) is 0 Å². The van der Waals surface area contributed by atoms with Gasteiger partial charge < -0.3 is 10.8 Å². The number of nitrogen functional groups attached to an aromatic ring is 1. The van der Waals surface area contributed by atoms with E-state index in [-0.39, 0.29) is 11.5 Å². The van der Waals surface area contributed by atoms with Crippen LogP contribution in [0.1, 0.15) is 6.92 Å². The molecule has 0 fully saturated rings. The number of nitrogens with one attached hydrogen (secondary N) is 1. The zero-order valence-corrected chi connectivity index (χ0v) is 11.0. The monoisotopic (exact) mass is 308 g/mol. The zero-order valence-electron chi connectivity index (χ0n) is 8.64. The highest BCUT2D eigenvalue weighted by molar-refractivity contribution is 9.10. The summed E-state index contributed by atoms with van der Waals surface area (Å²) in [6, 6.07) is 3.80. The van der Waals surface area contributed by atoms with E-state index in [9.17, 15) is 8.42 Å². The van der Waals surface area contributed by atoms with Crippen LogP contribution >= 0.6 is 15.9 Å². The number of benzene rings is 1. The molecule has 0 bridgehead atoms. The highest BCUT2D eigenvalue weighted by atomic mass is 79.9. The van der Waals surface area contributed by atoms with Gasteiger partial charge in [-0.2, -0.15) is 0 Å². The lowest BCUT2D eigenvalue weighted by atomic mass is 10.3. The van der Waals surface area contributed by atoms with E-state index in [1.807, 2.05) is 0 Å². The third-order valence-electron chi connectivity index (χ3n) is 1.91. The minimum Gasteiger partial charge on any atom is -0.398 e. The highest BCUT2D eigenvalue weighted by Gasteiger charge is 2.17. The van der Waals surface area contributed by atoms with Gasteiger partial charge in [0.05, 0.1) is 11.5 Å². The summed E-state index contributed by atoms with van der Waals surface area (Å²) in [5.74, 6) is 0. The van der Waals surface area contributed by atoms with Crippen LogP contribution in [0.25, 0.3) is 0 Å². The van der Waals surface area contributed by atoms with Gasteiger partial charge in [-0.3, -0.25) is 0 Å². The van der Waals surface area contributed by atoms with Gasteiger partial charge in [0, 0.05) is 16.2 Å². The molecule has 1 aromatic rings. The van der Waals surface area contributed by atoms with Crippen molar-refractivity contribution in [3.05, 3.63) is 22.7 Å². The Hall–Kier alpha value is -0.630. The standard InChI is InChI=1S/C9H13BrN2O3S/c1-6(5-13)12-16(14,15)7-2-3-9(11)8(10)4-7/h2-4,6,12-13H,5,11H2,1H3/t6-/m0/s1. The van der Waals surface area contributed by atoms with Crippen LogP contribution in [0.2, 0.25) is 0 Å². The fourth-order valence-corrected chi connectivity index (χ4v) is 2.84. The molecule has 1 rings (SSSR count). The lowest BCUT2D eigenvalue weighted by molar-refractivity contribution is 0.265. The van der Waals surface area contributed by atoms with Crippen molar-refractivity contribution in [2.75, 3.05) is 12.3 Å². The van der Waals surface area contributed by atoms with Crippen molar-refractivity contribution in [1.82, 2.24) is 4.72 Å². The van der Waals surface area contributed by atoms with Crippen LogP contribution in [0, 0.1) is 0 Å². The Bertz CT molecular complexity index is 476. The summed E-state index contributed by atoms with van der Waals surface area (Å²) in [6.07, 6.45) is 0. The number of aliphatic hydroxyl groups is 1. The highest BCUT2D eigenvalue weighted by Crippen LogP contribution is 2.22. The topological polar surface area (TPSA) is 92.4 Å². The molecule has 4 N–H and O–H groups in total. The molecule has 7 heteroatoms. The van der Waals surface area contributed by atoms with Crippen molar-refractivity contribution < 1.29 is 13.5 Å². The second-order valence-corrected chi connectivity index (χ2v) is 5.96. The molecule has 0 unspecified atom stereocenters. The molecule has 0 heterocycles. The molecule has 0 radical (unpaired) electrons. The quantitative estimate of drug-likeness (QED) is 0.714. The number of aliphatic hydroxyl groups excluding tert-OH is 1. The number of hydrogen-bond acceptors (Lipinski definition) is 4. The largest absolute Gasteiger partial charge is 0.398 e. The maximum atomic E-state index is 11.8. The summed E-state index contributed by atoms with van der Waals surface area (Å²) in [5, 5.41) is 8.79. The minimum absolute atomic E-state index is 0.105. The van der Waals surface area contributed by atoms with Gasteiger partial charge >= 0.3 is 0 Å². The Kier molecular flexibility index (Phi) is 4.31. The number of halogens is 1. The van der Waals surface area contributed by atoms with Gasteiger partial charge in [0.15, 0.2) is 0 Å². The molecule has 0 aliphatic carbocycles. The Morgan fingerprint density at radius 2 is 2.19 bits per heavy atom. The van der Waals surface area contributed by atoms with E-state index in [4.69, 9.17) is 10.8 Å². The SMILES string of the molecule is C[C@@H](CO)NS(=O)(=O)c1ccc(N)c(Br)c1. The average Bonchev–Trinajstić information content (AvgIpc) is 2.21. The number of anilines is 1. The summed E-state index contributed by atoms with van der Waals surface area (Å²) >= 11 is 3.16. The van der Waals surface area contributed by atoms with Crippen LogP contribution in [0.5, 0.6) is 0 Å². The summed E-state index contributed by atoms with van der Waals surface area (Å²) < 4.78 is 26.4. The van der Waals surface area contributed by atoms with Crippen LogP contribution in [0.15, 0.2) is 27.6 Å². The van der Waals surface area contributed by atoms with E-state index < -0.39 is 16.1 Å². The van der Waals surface area contributed by atoms with Gasteiger partial charge in [0.25, 0.3) is 0 Å². The molecule has 5 nitrogen and oxygen atoms in total. The van der Waals surface area contributed by atoms with Gasteiger partial charge in [0.2, 0.25) is 10.0 Å². The van der Waals surface area contributed by atoms with Crippen molar-refractivity contribution in [3.8, 4) is 0 Å². The fraction of sp³-hybridized carbons (Fsp3) is 0.333. The molecule has 0 amide bonds. The van der Waals surface area contributed by atoms with Gasteiger partial charge in [-0.15, -0.1) is 0 Å².